The SMILES string of the molecule is Cc1cccc(NC(=O)Cn2c(-n3nc(C)cc3C)nc(C)cc2=O)c1. The number of benzene rings is 1. The molecule has 1 amide bonds. The quantitative estimate of drug-likeness (QED) is 0.782. The molecule has 7 heteroatoms. The number of nitrogens with one attached hydrogen (secondary N) is 1. The topological polar surface area (TPSA) is 81.8 Å². The molecule has 0 saturated heterocycles. The van der Waals surface area contributed by atoms with Crippen molar-refractivity contribution < 1.29 is 4.79 Å². The van der Waals surface area contributed by atoms with E-state index in [-0.39, 0.29) is 18.0 Å². The number of hydrogen-bond acceptors (Lipinski definition) is 4. The molecule has 134 valence electrons. The van der Waals surface area contributed by atoms with Gasteiger partial charge in [-0.2, -0.15) is 5.10 Å². The highest BCUT2D eigenvalue weighted by Gasteiger charge is 2.15. The van der Waals surface area contributed by atoms with Crippen LogP contribution in [0.15, 0.2) is 41.2 Å². The molecule has 3 aromatic rings. The van der Waals surface area contributed by atoms with Gasteiger partial charge in [-0.15, -0.1) is 0 Å². The van der Waals surface area contributed by atoms with Crippen LogP contribution in [0.2, 0.25) is 0 Å². The maximum Gasteiger partial charge on any atom is 0.255 e. The second-order valence-corrected chi connectivity index (χ2v) is 6.38. The Morgan fingerprint density at radius 1 is 1.08 bits per heavy atom. The van der Waals surface area contributed by atoms with E-state index in [1.807, 2.05) is 51.1 Å². The second kappa shape index (κ2) is 6.95. The molecule has 0 unspecified atom stereocenters. The number of nitrogens with zero attached hydrogens (tertiary/aromatic N) is 4. The van der Waals surface area contributed by atoms with Crippen molar-refractivity contribution in [2.45, 2.75) is 34.2 Å². The van der Waals surface area contributed by atoms with Crippen molar-refractivity contribution in [3.05, 3.63) is 69.4 Å². The third-order valence-corrected chi connectivity index (χ3v) is 3.92. The van der Waals surface area contributed by atoms with Gasteiger partial charge in [0.15, 0.2) is 0 Å². The molecule has 0 radical (unpaired) electrons. The first-order valence-corrected chi connectivity index (χ1v) is 8.32. The lowest BCUT2D eigenvalue weighted by Crippen LogP contribution is -2.32. The highest BCUT2D eigenvalue weighted by Crippen LogP contribution is 2.11. The fraction of sp³-hybridized carbons (Fsp3) is 0.263. The minimum atomic E-state index is -0.300. The van der Waals surface area contributed by atoms with Gasteiger partial charge in [0, 0.05) is 23.1 Å². The average Bonchev–Trinajstić information content (AvgIpc) is 2.88. The first kappa shape index (κ1) is 17.6. The van der Waals surface area contributed by atoms with Crippen LogP contribution in [-0.2, 0) is 11.3 Å². The van der Waals surface area contributed by atoms with Gasteiger partial charge >= 0.3 is 0 Å². The summed E-state index contributed by atoms with van der Waals surface area (Å²) in [5, 5.41) is 7.20. The molecule has 2 aromatic heterocycles. The minimum Gasteiger partial charge on any atom is -0.325 e. The first-order valence-electron chi connectivity index (χ1n) is 8.32. The van der Waals surface area contributed by atoms with E-state index in [2.05, 4.69) is 15.4 Å². The summed E-state index contributed by atoms with van der Waals surface area (Å²) in [6.07, 6.45) is 0. The highest BCUT2D eigenvalue weighted by molar-refractivity contribution is 5.90. The van der Waals surface area contributed by atoms with E-state index in [4.69, 9.17) is 0 Å². The molecule has 1 aromatic carbocycles. The maximum absolute atomic E-state index is 12.5. The monoisotopic (exact) mass is 351 g/mol. The number of anilines is 1. The van der Waals surface area contributed by atoms with Crippen molar-refractivity contribution in [1.82, 2.24) is 19.3 Å². The van der Waals surface area contributed by atoms with Gasteiger partial charge in [0.05, 0.1) is 5.69 Å². The number of rotatable bonds is 4. The predicted molar refractivity (Wildman–Crippen MR) is 99.6 cm³/mol. The third-order valence-electron chi connectivity index (χ3n) is 3.92. The van der Waals surface area contributed by atoms with E-state index >= 15 is 0 Å². The fourth-order valence-electron chi connectivity index (χ4n) is 2.81. The number of carbonyl (C=O) groups excluding carboxylic acids is 1. The lowest BCUT2D eigenvalue weighted by atomic mass is 10.2. The Labute approximate surface area is 151 Å². The molecule has 3 rings (SSSR count). The molecule has 0 fully saturated rings. The van der Waals surface area contributed by atoms with Crippen molar-refractivity contribution in [2.24, 2.45) is 0 Å². The van der Waals surface area contributed by atoms with E-state index in [0.717, 1.165) is 17.0 Å². The lowest BCUT2D eigenvalue weighted by molar-refractivity contribution is -0.116. The van der Waals surface area contributed by atoms with Gasteiger partial charge in [0.2, 0.25) is 11.9 Å². The van der Waals surface area contributed by atoms with Crippen LogP contribution in [0.25, 0.3) is 5.95 Å². The number of carbonyl (C=O) groups is 1. The summed E-state index contributed by atoms with van der Waals surface area (Å²) in [4.78, 5) is 29.4. The van der Waals surface area contributed by atoms with Gasteiger partial charge in [-0.25, -0.2) is 9.67 Å². The summed E-state index contributed by atoms with van der Waals surface area (Å²) in [6, 6.07) is 10.8. The Hall–Kier alpha value is -3.22. The van der Waals surface area contributed by atoms with Crippen LogP contribution < -0.4 is 10.9 Å². The summed E-state index contributed by atoms with van der Waals surface area (Å²) < 4.78 is 2.92. The van der Waals surface area contributed by atoms with Crippen molar-refractivity contribution in [3.63, 3.8) is 0 Å². The fourth-order valence-corrected chi connectivity index (χ4v) is 2.81. The summed E-state index contributed by atoms with van der Waals surface area (Å²) in [5.41, 5.74) is 3.67. The van der Waals surface area contributed by atoms with Crippen molar-refractivity contribution in [2.75, 3.05) is 5.32 Å². The molecule has 0 aliphatic carbocycles. The van der Waals surface area contributed by atoms with Gasteiger partial charge in [0.1, 0.15) is 6.54 Å². The molecule has 0 bridgehead atoms. The zero-order valence-corrected chi connectivity index (χ0v) is 15.3. The van der Waals surface area contributed by atoms with E-state index in [9.17, 15) is 9.59 Å². The molecule has 0 atom stereocenters. The van der Waals surface area contributed by atoms with Crippen molar-refractivity contribution in [3.8, 4) is 5.95 Å². The summed E-state index contributed by atoms with van der Waals surface area (Å²) >= 11 is 0. The normalized spacial score (nSPS) is 10.8. The standard InChI is InChI=1S/C19H21N5O2/c1-12-6-5-7-16(8-12)21-17(25)11-23-18(26)10-13(2)20-19(23)24-15(4)9-14(3)22-24/h5-10H,11H2,1-4H3,(H,21,25). The Morgan fingerprint density at radius 2 is 1.85 bits per heavy atom. The zero-order valence-electron chi connectivity index (χ0n) is 15.3. The summed E-state index contributed by atoms with van der Waals surface area (Å²) in [6.45, 7) is 7.30. The molecule has 0 aliphatic heterocycles. The number of amides is 1. The highest BCUT2D eigenvalue weighted by atomic mass is 16.2. The van der Waals surface area contributed by atoms with E-state index in [1.54, 1.807) is 11.6 Å². The molecular weight excluding hydrogens is 330 g/mol. The predicted octanol–water partition coefficient (Wildman–Crippen LogP) is 2.30. The van der Waals surface area contributed by atoms with Gasteiger partial charge in [-0.3, -0.25) is 14.2 Å². The Morgan fingerprint density at radius 3 is 2.50 bits per heavy atom. The third kappa shape index (κ3) is 3.72. The average molecular weight is 351 g/mol. The van der Waals surface area contributed by atoms with Crippen LogP contribution in [0.3, 0.4) is 0 Å². The van der Waals surface area contributed by atoms with E-state index in [0.29, 0.717) is 17.3 Å². The molecule has 1 N–H and O–H groups in total. The smallest absolute Gasteiger partial charge is 0.255 e. The number of aromatic nitrogens is 4. The van der Waals surface area contributed by atoms with Crippen molar-refractivity contribution >= 4 is 11.6 Å². The van der Waals surface area contributed by atoms with Gasteiger partial charge in [-0.1, -0.05) is 12.1 Å². The Balaban J connectivity index is 1.96. The number of aryl methyl sites for hydroxylation is 4. The first-order chi connectivity index (χ1) is 12.3. The molecule has 0 spiro atoms. The Kier molecular flexibility index (Phi) is 4.71. The second-order valence-electron chi connectivity index (χ2n) is 6.38. The van der Waals surface area contributed by atoms with Crippen LogP contribution in [-0.4, -0.2) is 25.2 Å². The molecule has 2 heterocycles. The van der Waals surface area contributed by atoms with Crippen LogP contribution in [0.1, 0.15) is 22.6 Å². The zero-order chi connectivity index (χ0) is 18.8. The van der Waals surface area contributed by atoms with Crippen LogP contribution in [0.5, 0.6) is 0 Å². The molecule has 7 nitrogen and oxygen atoms in total. The van der Waals surface area contributed by atoms with Crippen LogP contribution in [0, 0.1) is 27.7 Å². The molecule has 0 aliphatic rings. The van der Waals surface area contributed by atoms with Crippen molar-refractivity contribution in [1.29, 1.82) is 0 Å². The number of hydrogen-bond donors (Lipinski definition) is 1. The maximum atomic E-state index is 12.5. The van der Waals surface area contributed by atoms with E-state index in [1.165, 1.54) is 10.6 Å². The Bertz CT molecular complexity index is 1030. The largest absolute Gasteiger partial charge is 0.325 e. The summed E-state index contributed by atoms with van der Waals surface area (Å²) in [5.74, 6) is 0.0335. The summed E-state index contributed by atoms with van der Waals surface area (Å²) in [7, 11) is 0. The van der Waals surface area contributed by atoms with Gasteiger partial charge in [0.25, 0.3) is 5.56 Å². The lowest BCUT2D eigenvalue weighted by Gasteiger charge is -2.14. The molecule has 26 heavy (non-hydrogen) atoms. The molecule has 0 saturated carbocycles. The van der Waals surface area contributed by atoms with Crippen LogP contribution in [0.4, 0.5) is 5.69 Å². The minimum absolute atomic E-state index is 0.145. The van der Waals surface area contributed by atoms with Crippen LogP contribution >= 0.6 is 0 Å². The van der Waals surface area contributed by atoms with Gasteiger partial charge < -0.3 is 5.32 Å². The molecular formula is C19H21N5O2. The van der Waals surface area contributed by atoms with E-state index < -0.39 is 0 Å². The van der Waals surface area contributed by atoms with Gasteiger partial charge in [-0.05, 0) is 51.5 Å².